The molecule has 5 heteroatoms. The minimum Gasteiger partial charge on any atom is -0.457 e. The molecule has 0 bridgehead atoms. The highest BCUT2D eigenvalue weighted by molar-refractivity contribution is 6.30. The first-order chi connectivity index (χ1) is 18.2. The number of para-hydroxylation sites is 1. The molecule has 0 spiro atoms. The summed E-state index contributed by atoms with van der Waals surface area (Å²) in [5, 5.41) is 3.51. The first kappa shape index (κ1) is 22.8. The molecule has 0 aliphatic carbocycles. The first-order valence-electron chi connectivity index (χ1n) is 11.9. The summed E-state index contributed by atoms with van der Waals surface area (Å²) >= 11 is 5.97. The summed E-state index contributed by atoms with van der Waals surface area (Å²) in [6, 6.07) is 36.4. The van der Waals surface area contributed by atoms with Crippen molar-refractivity contribution in [2.24, 2.45) is 0 Å². The zero-order chi connectivity index (χ0) is 25.2. The summed E-state index contributed by atoms with van der Waals surface area (Å²) < 4.78 is 7.56. The number of nitrogens with zero attached hydrogens (tertiary/aromatic N) is 2. The van der Waals surface area contributed by atoms with Crippen LogP contribution in [-0.2, 0) is 0 Å². The van der Waals surface area contributed by atoms with Gasteiger partial charge in [0.1, 0.15) is 17.3 Å². The van der Waals surface area contributed by atoms with Crippen LogP contribution in [-0.4, -0.2) is 9.55 Å². The highest BCUT2D eigenvalue weighted by Gasteiger charge is 2.12. The van der Waals surface area contributed by atoms with Crippen molar-refractivity contribution in [1.29, 1.82) is 0 Å². The topological polar surface area (TPSA) is 44.1 Å². The number of halogens is 1. The van der Waals surface area contributed by atoms with Gasteiger partial charge in [0.05, 0.1) is 16.6 Å². The molecule has 178 valence electrons. The Hall–Kier alpha value is -4.67. The van der Waals surface area contributed by atoms with Crippen LogP contribution in [0.25, 0.3) is 39.5 Å². The molecule has 0 unspecified atom stereocenters. The first-order valence-corrected chi connectivity index (χ1v) is 12.2. The highest BCUT2D eigenvalue weighted by atomic mass is 35.5. The molecular weight excluding hydrogens is 480 g/mol. The molecule has 5 aromatic carbocycles. The molecule has 6 rings (SSSR count). The summed E-state index contributed by atoms with van der Waals surface area (Å²) in [5.74, 6) is 1.88. The van der Waals surface area contributed by atoms with Crippen molar-refractivity contribution in [3.8, 4) is 17.2 Å². The molecule has 0 N–H and O–H groups in total. The Kier molecular flexibility index (Phi) is 6.01. The van der Waals surface area contributed by atoms with E-state index in [9.17, 15) is 4.79 Å². The van der Waals surface area contributed by atoms with E-state index in [1.165, 1.54) is 0 Å². The van der Waals surface area contributed by atoms with Crippen LogP contribution >= 0.6 is 11.6 Å². The zero-order valence-electron chi connectivity index (χ0n) is 19.7. The number of rotatable bonds is 5. The lowest BCUT2D eigenvalue weighted by Crippen LogP contribution is -2.22. The van der Waals surface area contributed by atoms with Crippen molar-refractivity contribution in [1.82, 2.24) is 9.55 Å². The number of aromatic nitrogens is 2. The van der Waals surface area contributed by atoms with Crippen molar-refractivity contribution < 1.29 is 4.74 Å². The van der Waals surface area contributed by atoms with Crippen molar-refractivity contribution in [3.63, 3.8) is 0 Å². The zero-order valence-corrected chi connectivity index (χ0v) is 20.5. The molecule has 0 saturated heterocycles. The third kappa shape index (κ3) is 4.63. The Balaban J connectivity index is 1.43. The van der Waals surface area contributed by atoms with Gasteiger partial charge in [-0.1, -0.05) is 72.3 Å². The van der Waals surface area contributed by atoms with Gasteiger partial charge in [0.2, 0.25) is 0 Å². The molecule has 0 amide bonds. The van der Waals surface area contributed by atoms with Crippen LogP contribution in [0.1, 0.15) is 11.4 Å². The lowest BCUT2D eigenvalue weighted by Gasteiger charge is -2.13. The molecule has 37 heavy (non-hydrogen) atoms. The molecule has 0 radical (unpaired) electrons. The molecule has 0 fully saturated rings. The van der Waals surface area contributed by atoms with E-state index in [0.717, 1.165) is 16.3 Å². The second kappa shape index (κ2) is 9.76. The number of hydrogen-bond acceptors (Lipinski definition) is 3. The quantitative estimate of drug-likeness (QED) is 0.240. The number of benzene rings is 5. The third-order valence-corrected chi connectivity index (χ3v) is 6.43. The van der Waals surface area contributed by atoms with Gasteiger partial charge in [0, 0.05) is 5.02 Å². The largest absolute Gasteiger partial charge is 0.457 e. The molecule has 0 aliphatic heterocycles. The number of hydrogen-bond donors (Lipinski definition) is 0. The van der Waals surface area contributed by atoms with Crippen LogP contribution in [0.2, 0.25) is 5.02 Å². The van der Waals surface area contributed by atoms with Crippen molar-refractivity contribution in [2.75, 3.05) is 0 Å². The van der Waals surface area contributed by atoms with Gasteiger partial charge >= 0.3 is 0 Å². The molecule has 0 saturated carbocycles. The van der Waals surface area contributed by atoms with Gasteiger partial charge in [-0.2, -0.15) is 0 Å². The molecular formula is C32H21ClN2O2. The Morgan fingerprint density at radius 2 is 1.32 bits per heavy atom. The van der Waals surface area contributed by atoms with Gasteiger partial charge in [-0.05, 0) is 83.1 Å². The van der Waals surface area contributed by atoms with Gasteiger partial charge < -0.3 is 4.74 Å². The van der Waals surface area contributed by atoms with Crippen LogP contribution in [0.15, 0.2) is 120 Å². The smallest absolute Gasteiger partial charge is 0.266 e. The Labute approximate surface area is 218 Å². The summed E-state index contributed by atoms with van der Waals surface area (Å²) in [5.41, 5.74) is 2.28. The third-order valence-electron chi connectivity index (χ3n) is 6.18. The standard InChI is InChI=1S/C32H21ClN2O2/c33-24-13-17-26(18-14-24)37-27-19-15-25(16-20-27)35-31(34-30-11-4-3-10-29(30)32(35)36)21-12-23-8-5-7-22-6-1-2-9-28(22)23/h1-21H/b21-12+. The van der Waals surface area contributed by atoms with Crippen molar-refractivity contribution in [2.45, 2.75) is 0 Å². The van der Waals surface area contributed by atoms with Crippen LogP contribution in [0.4, 0.5) is 0 Å². The van der Waals surface area contributed by atoms with Crippen LogP contribution < -0.4 is 10.3 Å². The maximum atomic E-state index is 13.6. The fourth-order valence-corrected chi connectivity index (χ4v) is 4.50. The summed E-state index contributed by atoms with van der Waals surface area (Å²) in [7, 11) is 0. The maximum Gasteiger partial charge on any atom is 0.266 e. The normalized spacial score (nSPS) is 11.4. The van der Waals surface area contributed by atoms with Crippen molar-refractivity contribution >= 4 is 45.4 Å². The van der Waals surface area contributed by atoms with Crippen LogP contribution in [0, 0.1) is 0 Å². The maximum absolute atomic E-state index is 13.6. The highest BCUT2D eigenvalue weighted by Crippen LogP contribution is 2.25. The van der Waals surface area contributed by atoms with E-state index in [1.54, 1.807) is 22.8 Å². The summed E-state index contributed by atoms with van der Waals surface area (Å²) in [6.45, 7) is 0. The predicted octanol–water partition coefficient (Wildman–Crippen LogP) is 8.16. The van der Waals surface area contributed by atoms with Gasteiger partial charge in [-0.15, -0.1) is 0 Å². The molecule has 1 heterocycles. The average Bonchev–Trinajstić information content (AvgIpc) is 2.94. The van der Waals surface area contributed by atoms with E-state index < -0.39 is 0 Å². The molecule has 0 atom stereocenters. The SMILES string of the molecule is O=c1c2ccccc2nc(/C=C/c2cccc3ccccc23)n1-c1ccc(Oc2ccc(Cl)cc2)cc1. The molecule has 4 nitrogen and oxygen atoms in total. The molecule has 6 aromatic rings. The predicted molar refractivity (Wildman–Crippen MR) is 152 cm³/mol. The van der Waals surface area contributed by atoms with Crippen molar-refractivity contribution in [3.05, 3.63) is 142 Å². The van der Waals surface area contributed by atoms with E-state index in [2.05, 4.69) is 24.3 Å². The van der Waals surface area contributed by atoms with Crippen LogP contribution in [0.5, 0.6) is 11.5 Å². The lowest BCUT2D eigenvalue weighted by molar-refractivity contribution is 0.482. The molecule has 1 aromatic heterocycles. The second-order valence-electron chi connectivity index (χ2n) is 8.58. The van der Waals surface area contributed by atoms with Crippen LogP contribution in [0.3, 0.4) is 0 Å². The monoisotopic (exact) mass is 500 g/mol. The van der Waals surface area contributed by atoms with Gasteiger partial charge in [-0.3, -0.25) is 9.36 Å². The van der Waals surface area contributed by atoms with Gasteiger partial charge in [0.25, 0.3) is 5.56 Å². The Bertz CT molecular complexity index is 1820. The number of fused-ring (bicyclic) bond motifs is 2. The average molecular weight is 501 g/mol. The fourth-order valence-electron chi connectivity index (χ4n) is 4.37. The molecule has 0 aliphatic rings. The Morgan fingerprint density at radius 1 is 0.676 bits per heavy atom. The minimum atomic E-state index is -0.130. The minimum absolute atomic E-state index is 0.130. The van der Waals surface area contributed by atoms with E-state index in [1.807, 2.05) is 84.9 Å². The fraction of sp³-hybridized carbons (Fsp3) is 0. The van der Waals surface area contributed by atoms with E-state index in [4.69, 9.17) is 21.3 Å². The Morgan fingerprint density at radius 3 is 2.11 bits per heavy atom. The van der Waals surface area contributed by atoms with E-state index in [-0.39, 0.29) is 5.56 Å². The lowest BCUT2D eigenvalue weighted by atomic mass is 10.0. The summed E-state index contributed by atoms with van der Waals surface area (Å²) in [4.78, 5) is 18.5. The second-order valence-corrected chi connectivity index (χ2v) is 9.02. The van der Waals surface area contributed by atoms with E-state index >= 15 is 0 Å². The van der Waals surface area contributed by atoms with Gasteiger partial charge in [-0.25, -0.2) is 4.98 Å². The van der Waals surface area contributed by atoms with E-state index in [0.29, 0.717) is 38.9 Å². The number of ether oxygens (including phenoxy) is 1. The summed E-state index contributed by atoms with van der Waals surface area (Å²) in [6.07, 6.45) is 3.90. The van der Waals surface area contributed by atoms with Gasteiger partial charge in [0.15, 0.2) is 0 Å².